The maximum atomic E-state index is 13.8. The molecule has 3 atom stereocenters. The molecule has 2 heterocycles. The third-order valence-electron chi connectivity index (χ3n) is 7.45. The summed E-state index contributed by atoms with van der Waals surface area (Å²) in [4.78, 5) is 18.6. The van der Waals surface area contributed by atoms with Crippen LogP contribution < -0.4 is 15.9 Å². The highest BCUT2D eigenvalue weighted by molar-refractivity contribution is 5.90. The first-order valence-electron chi connectivity index (χ1n) is 14.3. The van der Waals surface area contributed by atoms with Crippen LogP contribution in [-0.2, 0) is 29.8 Å². The molecule has 2 aromatic rings. The molecule has 0 bridgehead atoms. The van der Waals surface area contributed by atoms with Crippen molar-refractivity contribution < 1.29 is 59.3 Å². The number of benzene rings is 2. The van der Waals surface area contributed by atoms with Gasteiger partial charge in [0.15, 0.2) is 0 Å². The summed E-state index contributed by atoms with van der Waals surface area (Å²) >= 11 is 0. The number of carbonyl (C=O) groups excluding carboxylic acids is 1. The lowest BCUT2D eigenvalue weighted by Crippen LogP contribution is -2.48. The van der Waals surface area contributed by atoms with E-state index >= 15 is 0 Å². The van der Waals surface area contributed by atoms with Crippen molar-refractivity contribution >= 4 is 17.7 Å². The van der Waals surface area contributed by atoms with Crippen molar-refractivity contribution in [1.82, 2.24) is 21.1 Å². The maximum Gasteiger partial charge on any atom is 0.416 e. The van der Waals surface area contributed by atoms with Crippen LogP contribution in [0.1, 0.15) is 60.5 Å². The average Bonchev–Trinajstić information content (AvgIpc) is 3.34. The quantitative estimate of drug-likeness (QED) is 0.274. The van der Waals surface area contributed by atoms with Crippen molar-refractivity contribution in [3.63, 3.8) is 0 Å². The maximum absolute atomic E-state index is 13.8. The van der Waals surface area contributed by atoms with Gasteiger partial charge < -0.3 is 14.9 Å². The Morgan fingerprint density at radius 1 is 0.979 bits per heavy atom. The number of hydrazine groups is 3. The Hall–Kier alpha value is -3.81. The van der Waals surface area contributed by atoms with E-state index in [9.17, 15) is 54.5 Å². The van der Waals surface area contributed by atoms with E-state index in [0.29, 0.717) is 18.6 Å². The van der Waals surface area contributed by atoms with E-state index in [1.807, 2.05) is 0 Å². The number of fused-ring (bicyclic) bond motifs is 1. The number of rotatable bonds is 8. The van der Waals surface area contributed by atoms with Crippen molar-refractivity contribution in [3.05, 3.63) is 64.2 Å². The summed E-state index contributed by atoms with van der Waals surface area (Å²) < 4.78 is 128. The molecule has 0 saturated carbocycles. The Morgan fingerprint density at radius 3 is 2.13 bits per heavy atom. The van der Waals surface area contributed by atoms with Gasteiger partial charge in [-0.25, -0.2) is 9.79 Å². The van der Waals surface area contributed by atoms with Crippen LogP contribution in [0.15, 0.2) is 41.4 Å². The molecule has 260 valence electrons. The predicted octanol–water partition coefficient (Wildman–Crippen LogP) is 5.38. The number of halogens is 9. The molecule has 1 unspecified atom stereocenters. The summed E-state index contributed by atoms with van der Waals surface area (Å²) in [7, 11) is 0. The van der Waals surface area contributed by atoms with Crippen LogP contribution in [0, 0.1) is 0 Å². The van der Waals surface area contributed by atoms with Gasteiger partial charge >= 0.3 is 24.6 Å². The second-order valence-corrected chi connectivity index (χ2v) is 10.7. The summed E-state index contributed by atoms with van der Waals surface area (Å²) in [6, 6.07) is 1.94. The highest BCUT2D eigenvalue weighted by atomic mass is 19.4. The van der Waals surface area contributed by atoms with Gasteiger partial charge in [0, 0.05) is 11.6 Å². The molecular weight excluding hydrogens is 655 g/mol. The second kappa shape index (κ2) is 13.7. The molecular formula is C28H31F9N6O4. The number of nitrogens with zero attached hydrogens (tertiary/aromatic N) is 4. The van der Waals surface area contributed by atoms with Crippen molar-refractivity contribution in [3.8, 4) is 0 Å². The summed E-state index contributed by atoms with van der Waals surface area (Å²) in [6.45, 7) is 1.36. The zero-order valence-electron chi connectivity index (χ0n) is 24.8. The number of aliphatic imine (C=N–C) groups is 1. The minimum atomic E-state index is -5.14. The molecule has 2 aliphatic heterocycles. The number of nitrogens with one attached hydrogen (secondary N) is 2. The number of ether oxygens (including phenoxy) is 1. The van der Waals surface area contributed by atoms with E-state index in [-0.39, 0.29) is 36.3 Å². The standard InChI is InChI=1S/C28H31F9N6O4/c1-3-19-11-22(21-10-16(26(29,30)31)5-6-23(21)43(19)25(46)47-4-2)38-24-39-40-42(13-20(45)14-44)41(24)12-15-7-17(27(32,33)34)9-18(8-15)28(35,36)37/h5-10,19-20,22,40,44-45H,3-4,11-14H2,1-2H3,(H,38,39)/t19-,20?,22+/m1/s1. The summed E-state index contributed by atoms with van der Waals surface area (Å²) in [6.07, 6.45) is -17.0. The van der Waals surface area contributed by atoms with Crippen molar-refractivity contribution in [1.29, 1.82) is 0 Å². The third-order valence-corrected chi connectivity index (χ3v) is 7.45. The van der Waals surface area contributed by atoms with Gasteiger partial charge in [0.25, 0.3) is 0 Å². The molecule has 4 rings (SSSR count). The Bertz CT molecular complexity index is 1440. The van der Waals surface area contributed by atoms with Gasteiger partial charge in [-0.15, -0.1) is 10.7 Å². The van der Waals surface area contributed by atoms with Crippen LogP contribution in [-0.4, -0.2) is 64.3 Å². The van der Waals surface area contributed by atoms with Gasteiger partial charge in [-0.2, -0.15) is 39.5 Å². The summed E-state index contributed by atoms with van der Waals surface area (Å²) in [5.41, 5.74) is 0.495. The normalized spacial score (nSPS) is 20.7. The van der Waals surface area contributed by atoms with Crippen LogP contribution in [0.2, 0.25) is 0 Å². The van der Waals surface area contributed by atoms with Crippen molar-refractivity contribution in [2.45, 2.75) is 70.0 Å². The zero-order valence-corrected chi connectivity index (χ0v) is 24.8. The Kier molecular flexibility index (Phi) is 10.5. The first-order valence-corrected chi connectivity index (χ1v) is 14.3. The molecule has 2 aromatic carbocycles. The Balaban J connectivity index is 1.83. The van der Waals surface area contributed by atoms with Crippen LogP contribution in [0.3, 0.4) is 0 Å². The lowest BCUT2D eigenvalue weighted by Gasteiger charge is -2.39. The van der Waals surface area contributed by atoms with Crippen LogP contribution in [0.4, 0.5) is 50.0 Å². The number of β-amino-alcohol motifs (C(OH)–C–C–N with tert-alkyl or cyclic N) is 1. The summed E-state index contributed by atoms with van der Waals surface area (Å²) in [5.74, 6) is -0.242. The third kappa shape index (κ3) is 8.20. The molecule has 0 spiro atoms. The van der Waals surface area contributed by atoms with Gasteiger partial charge in [-0.3, -0.25) is 15.3 Å². The fourth-order valence-corrected chi connectivity index (χ4v) is 5.26. The van der Waals surface area contributed by atoms with Gasteiger partial charge in [-0.1, -0.05) is 6.92 Å². The molecule has 1 saturated heterocycles. The number of alkyl halides is 9. The fraction of sp³-hybridized carbons (Fsp3) is 0.500. The fourth-order valence-electron chi connectivity index (χ4n) is 5.26. The average molecular weight is 687 g/mol. The van der Waals surface area contributed by atoms with Crippen LogP contribution >= 0.6 is 0 Å². The lowest BCUT2D eigenvalue weighted by atomic mass is 9.89. The van der Waals surface area contributed by atoms with E-state index in [0.717, 1.165) is 28.3 Å². The van der Waals surface area contributed by atoms with E-state index in [1.54, 1.807) is 13.8 Å². The lowest BCUT2D eigenvalue weighted by molar-refractivity contribution is -0.143. The minimum absolute atomic E-state index is 0.0147. The van der Waals surface area contributed by atoms with Crippen LogP contribution in [0.5, 0.6) is 0 Å². The Morgan fingerprint density at radius 2 is 1.60 bits per heavy atom. The number of aliphatic hydroxyl groups is 2. The van der Waals surface area contributed by atoms with Gasteiger partial charge in [0.05, 0.1) is 60.8 Å². The van der Waals surface area contributed by atoms with E-state index in [1.165, 1.54) is 4.90 Å². The molecule has 1 fully saturated rings. The van der Waals surface area contributed by atoms with E-state index in [2.05, 4.69) is 16.0 Å². The topological polar surface area (TPSA) is 113 Å². The number of guanidine groups is 1. The SMILES string of the molecule is CCOC(=O)N1c2ccc(C(F)(F)F)cc2[C@@H](N=C2NNN(CC(O)CO)N2Cc2cc(C(F)(F)F)cc(C(F)(F)F)c2)C[C@H]1CC. The predicted molar refractivity (Wildman–Crippen MR) is 148 cm³/mol. The molecule has 47 heavy (non-hydrogen) atoms. The zero-order chi connectivity index (χ0) is 34.9. The molecule has 0 aliphatic carbocycles. The monoisotopic (exact) mass is 686 g/mol. The van der Waals surface area contributed by atoms with Crippen LogP contribution in [0.25, 0.3) is 0 Å². The molecule has 0 aromatic heterocycles. The molecule has 10 nitrogen and oxygen atoms in total. The van der Waals surface area contributed by atoms with Gasteiger partial charge in [-0.05, 0) is 61.7 Å². The highest BCUT2D eigenvalue weighted by Gasteiger charge is 2.41. The molecule has 2 aliphatic rings. The number of amides is 1. The number of anilines is 1. The molecule has 4 N–H and O–H groups in total. The second-order valence-electron chi connectivity index (χ2n) is 10.7. The van der Waals surface area contributed by atoms with Crippen molar-refractivity contribution in [2.75, 3.05) is 24.7 Å². The van der Waals surface area contributed by atoms with E-state index in [4.69, 9.17) is 4.74 Å². The molecule has 19 heteroatoms. The Labute approximate surface area is 262 Å². The first kappa shape index (κ1) is 36.0. The number of hydrogen-bond acceptors (Lipinski definition) is 7. The molecule has 0 radical (unpaired) electrons. The first-order chi connectivity index (χ1) is 21.9. The largest absolute Gasteiger partial charge is 0.449 e. The molecule has 1 amide bonds. The highest BCUT2D eigenvalue weighted by Crippen LogP contribution is 2.44. The number of hydrogen-bond donors (Lipinski definition) is 4. The van der Waals surface area contributed by atoms with Gasteiger partial charge in [0.2, 0.25) is 5.96 Å². The number of carbonyl (C=O) groups is 1. The summed E-state index contributed by atoms with van der Waals surface area (Å²) in [5, 5.41) is 21.5. The van der Waals surface area contributed by atoms with Gasteiger partial charge in [0.1, 0.15) is 0 Å². The smallest absolute Gasteiger partial charge is 0.416 e. The minimum Gasteiger partial charge on any atom is -0.449 e. The van der Waals surface area contributed by atoms with Crippen molar-refractivity contribution in [2.24, 2.45) is 4.99 Å². The van der Waals surface area contributed by atoms with E-state index < -0.39 is 84.8 Å². The number of aliphatic hydroxyl groups excluding tert-OH is 2.